The summed E-state index contributed by atoms with van der Waals surface area (Å²) >= 11 is 0. The second-order valence-corrected chi connectivity index (χ2v) is 3.54. The molecule has 0 radical (unpaired) electrons. The lowest BCUT2D eigenvalue weighted by Crippen LogP contribution is -2.36. The lowest BCUT2D eigenvalue weighted by Gasteiger charge is -2.25. The molecule has 0 aromatic heterocycles. The molecule has 3 heteroatoms. The predicted molar refractivity (Wildman–Crippen MR) is 54.7 cm³/mol. The number of nitrogens with zero attached hydrogens (tertiary/aromatic N) is 1. The van der Waals surface area contributed by atoms with Crippen LogP contribution in [0.15, 0.2) is 0 Å². The molecular weight excluding hydrogens is 166 g/mol. The van der Waals surface area contributed by atoms with E-state index in [1.807, 2.05) is 7.05 Å². The molecule has 0 fully saturated rings. The van der Waals surface area contributed by atoms with E-state index in [1.165, 1.54) is 19.3 Å². The smallest absolute Gasteiger partial charge is 0.0587 e. The van der Waals surface area contributed by atoms with Crippen molar-refractivity contribution in [3.63, 3.8) is 0 Å². The molecule has 0 rings (SSSR count). The zero-order valence-corrected chi connectivity index (χ0v) is 8.87. The maximum atomic E-state index is 9.03. The number of unbranched alkanes of at least 4 members (excludes halogenated alkanes) is 2. The summed E-state index contributed by atoms with van der Waals surface area (Å²) in [5.74, 6) is 0. The van der Waals surface area contributed by atoms with Gasteiger partial charge in [-0.25, -0.2) is 0 Å². The fraction of sp³-hybridized carbons (Fsp3) is 1.00. The molecule has 1 atom stereocenters. The first-order chi connectivity index (χ1) is 6.26. The fourth-order valence-electron chi connectivity index (χ4n) is 1.39. The highest BCUT2D eigenvalue weighted by atomic mass is 16.3. The zero-order valence-electron chi connectivity index (χ0n) is 8.87. The molecule has 80 valence electrons. The normalized spacial score (nSPS) is 13.6. The van der Waals surface area contributed by atoms with E-state index in [9.17, 15) is 0 Å². The quantitative estimate of drug-likeness (QED) is 0.556. The molecule has 0 bridgehead atoms. The van der Waals surface area contributed by atoms with Gasteiger partial charge < -0.3 is 15.1 Å². The van der Waals surface area contributed by atoms with Crippen molar-refractivity contribution in [2.24, 2.45) is 0 Å². The van der Waals surface area contributed by atoms with E-state index in [2.05, 4.69) is 11.8 Å². The van der Waals surface area contributed by atoms with Gasteiger partial charge >= 0.3 is 0 Å². The van der Waals surface area contributed by atoms with Crippen LogP contribution in [0.5, 0.6) is 0 Å². The molecule has 0 aliphatic rings. The average Bonchev–Trinajstić information content (AvgIpc) is 2.14. The molecule has 0 aromatic rings. The number of aliphatic hydroxyl groups excluding tert-OH is 2. The van der Waals surface area contributed by atoms with Gasteiger partial charge in [-0.3, -0.25) is 0 Å². The average molecular weight is 189 g/mol. The summed E-state index contributed by atoms with van der Waals surface area (Å²) in [5, 5.41) is 17.8. The van der Waals surface area contributed by atoms with Crippen LogP contribution >= 0.6 is 0 Å². The third-order valence-electron chi connectivity index (χ3n) is 2.41. The molecule has 2 N–H and O–H groups in total. The molecule has 0 heterocycles. The Bertz CT molecular complexity index is 109. The van der Waals surface area contributed by atoms with Gasteiger partial charge in [0.25, 0.3) is 0 Å². The maximum absolute atomic E-state index is 9.03. The number of likely N-dealkylation sites (N-methyl/N-ethyl adjacent to an activating group) is 1. The van der Waals surface area contributed by atoms with E-state index >= 15 is 0 Å². The lowest BCUT2D eigenvalue weighted by atomic mass is 10.2. The first-order valence-corrected chi connectivity index (χ1v) is 5.18. The van der Waals surface area contributed by atoms with Crippen LogP contribution in [0.1, 0.15) is 32.6 Å². The molecule has 0 saturated carbocycles. The Hall–Kier alpha value is -0.120. The van der Waals surface area contributed by atoms with Gasteiger partial charge in [-0.1, -0.05) is 19.8 Å². The second-order valence-electron chi connectivity index (χ2n) is 3.54. The Labute approximate surface area is 81.4 Å². The largest absolute Gasteiger partial charge is 0.396 e. The summed E-state index contributed by atoms with van der Waals surface area (Å²) in [6.45, 7) is 3.49. The van der Waals surface area contributed by atoms with Crippen LogP contribution in [0.2, 0.25) is 0 Å². The molecule has 0 saturated heterocycles. The van der Waals surface area contributed by atoms with Crippen LogP contribution in [0.4, 0.5) is 0 Å². The molecule has 0 amide bonds. The van der Waals surface area contributed by atoms with Crippen LogP contribution in [-0.2, 0) is 0 Å². The summed E-state index contributed by atoms with van der Waals surface area (Å²) in [5.41, 5.74) is 0. The minimum atomic E-state index is 0.127. The van der Waals surface area contributed by atoms with Crippen LogP contribution in [0, 0.1) is 0 Å². The van der Waals surface area contributed by atoms with Gasteiger partial charge in [0.1, 0.15) is 0 Å². The van der Waals surface area contributed by atoms with Crippen molar-refractivity contribution in [3.8, 4) is 0 Å². The number of rotatable bonds is 8. The number of hydrogen-bond donors (Lipinski definition) is 2. The third kappa shape index (κ3) is 6.02. The molecule has 13 heavy (non-hydrogen) atoms. The second kappa shape index (κ2) is 8.48. The van der Waals surface area contributed by atoms with E-state index in [0.29, 0.717) is 6.42 Å². The van der Waals surface area contributed by atoms with Gasteiger partial charge in [0, 0.05) is 12.6 Å². The lowest BCUT2D eigenvalue weighted by molar-refractivity contribution is 0.118. The summed E-state index contributed by atoms with van der Waals surface area (Å²) < 4.78 is 0. The molecule has 0 aliphatic carbocycles. The Morgan fingerprint density at radius 3 is 2.38 bits per heavy atom. The maximum Gasteiger partial charge on any atom is 0.0587 e. The van der Waals surface area contributed by atoms with Gasteiger partial charge in [-0.15, -0.1) is 0 Å². The van der Waals surface area contributed by atoms with Crippen molar-refractivity contribution in [2.75, 3.05) is 26.8 Å². The fourth-order valence-corrected chi connectivity index (χ4v) is 1.39. The highest BCUT2D eigenvalue weighted by Gasteiger charge is 2.11. The number of hydrogen-bond acceptors (Lipinski definition) is 3. The van der Waals surface area contributed by atoms with Crippen molar-refractivity contribution in [3.05, 3.63) is 0 Å². The van der Waals surface area contributed by atoms with Gasteiger partial charge in [-0.05, 0) is 26.4 Å². The molecular formula is C10H23NO2. The van der Waals surface area contributed by atoms with Gasteiger partial charge in [0.2, 0.25) is 0 Å². The first kappa shape index (κ1) is 12.9. The van der Waals surface area contributed by atoms with Crippen molar-refractivity contribution < 1.29 is 10.2 Å². The van der Waals surface area contributed by atoms with E-state index in [-0.39, 0.29) is 19.3 Å². The van der Waals surface area contributed by atoms with Crippen LogP contribution in [-0.4, -0.2) is 48.0 Å². The standard InChI is InChI=1S/C10H23NO2/c1-3-4-5-7-11(2)10(9-13)6-8-12/h10,12-13H,3-9H2,1-2H3. The Morgan fingerprint density at radius 2 is 1.92 bits per heavy atom. The van der Waals surface area contributed by atoms with Crippen molar-refractivity contribution in [1.29, 1.82) is 0 Å². The van der Waals surface area contributed by atoms with Gasteiger partial charge in [0.05, 0.1) is 6.61 Å². The number of aliphatic hydroxyl groups is 2. The highest BCUT2D eigenvalue weighted by Crippen LogP contribution is 2.03. The van der Waals surface area contributed by atoms with E-state index in [0.717, 1.165) is 6.54 Å². The minimum absolute atomic E-state index is 0.127. The van der Waals surface area contributed by atoms with Crippen molar-refractivity contribution in [1.82, 2.24) is 4.90 Å². The Morgan fingerprint density at radius 1 is 1.23 bits per heavy atom. The molecule has 0 spiro atoms. The predicted octanol–water partition coefficient (Wildman–Crippen LogP) is 0.852. The molecule has 0 aromatic carbocycles. The summed E-state index contributed by atoms with van der Waals surface area (Å²) in [7, 11) is 2.01. The topological polar surface area (TPSA) is 43.7 Å². The zero-order chi connectivity index (χ0) is 10.1. The van der Waals surface area contributed by atoms with Gasteiger partial charge in [0.15, 0.2) is 0 Å². The summed E-state index contributed by atoms with van der Waals surface area (Å²) in [4.78, 5) is 2.13. The van der Waals surface area contributed by atoms with Crippen LogP contribution in [0.25, 0.3) is 0 Å². The molecule has 3 nitrogen and oxygen atoms in total. The highest BCUT2D eigenvalue weighted by molar-refractivity contribution is 4.66. The van der Waals surface area contributed by atoms with Crippen molar-refractivity contribution in [2.45, 2.75) is 38.6 Å². The minimum Gasteiger partial charge on any atom is -0.396 e. The summed E-state index contributed by atoms with van der Waals surface area (Å²) in [6, 6.07) is 0.127. The van der Waals surface area contributed by atoms with Crippen molar-refractivity contribution >= 4 is 0 Å². The Balaban J connectivity index is 3.57. The monoisotopic (exact) mass is 189 g/mol. The molecule has 1 unspecified atom stereocenters. The Kier molecular flexibility index (Phi) is 8.40. The summed E-state index contributed by atoms with van der Waals surface area (Å²) in [6.07, 6.45) is 4.30. The van der Waals surface area contributed by atoms with Gasteiger partial charge in [-0.2, -0.15) is 0 Å². The van der Waals surface area contributed by atoms with Crippen LogP contribution in [0.3, 0.4) is 0 Å². The van der Waals surface area contributed by atoms with Crippen LogP contribution < -0.4 is 0 Å². The van der Waals surface area contributed by atoms with E-state index < -0.39 is 0 Å². The molecule has 0 aliphatic heterocycles. The SMILES string of the molecule is CCCCCN(C)C(CO)CCO. The first-order valence-electron chi connectivity index (χ1n) is 5.18. The third-order valence-corrected chi connectivity index (χ3v) is 2.41. The van der Waals surface area contributed by atoms with E-state index in [1.54, 1.807) is 0 Å². The van der Waals surface area contributed by atoms with E-state index in [4.69, 9.17) is 10.2 Å².